The van der Waals surface area contributed by atoms with Crippen molar-refractivity contribution in [1.82, 2.24) is 29.3 Å². The van der Waals surface area contributed by atoms with Crippen LogP contribution in [0, 0.1) is 0 Å². The first-order valence-corrected chi connectivity index (χ1v) is 18.7. The van der Waals surface area contributed by atoms with Crippen LogP contribution in [-0.4, -0.2) is 86.7 Å². The molecule has 48 heavy (non-hydrogen) atoms. The van der Waals surface area contributed by atoms with E-state index in [2.05, 4.69) is 85.7 Å². The Morgan fingerprint density at radius 3 is 1.98 bits per heavy atom. The van der Waals surface area contributed by atoms with Gasteiger partial charge in [-0.2, -0.15) is 9.97 Å². The van der Waals surface area contributed by atoms with Crippen molar-refractivity contribution in [2.24, 2.45) is 5.73 Å². The van der Waals surface area contributed by atoms with Gasteiger partial charge >= 0.3 is 0 Å². The lowest BCUT2D eigenvalue weighted by molar-refractivity contribution is 0.177. The SMILES string of the molecule is NC1CCC(Nc2nc(NC3CCN(CCN(CCc4ccccc4)CCc4ccccc4)CC3)c3ncn(C4CCCC4)c3n2)CC1. The molecule has 0 amide bonds. The predicted molar refractivity (Wildman–Crippen MR) is 196 cm³/mol. The number of fused-ring (bicyclic) bond motifs is 1. The minimum atomic E-state index is 0.324. The van der Waals surface area contributed by atoms with E-state index in [1.54, 1.807) is 0 Å². The summed E-state index contributed by atoms with van der Waals surface area (Å²) in [6.45, 7) is 6.59. The second-order valence-electron chi connectivity index (χ2n) is 14.5. The quantitative estimate of drug-likeness (QED) is 0.147. The van der Waals surface area contributed by atoms with E-state index in [4.69, 9.17) is 20.7 Å². The summed E-state index contributed by atoms with van der Waals surface area (Å²) in [6, 6.07) is 23.4. The molecule has 0 bridgehead atoms. The maximum Gasteiger partial charge on any atom is 0.227 e. The van der Waals surface area contributed by atoms with Crippen LogP contribution in [0.5, 0.6) is 0 Å². The molecule has 2 aromatic carbocycles. The van der Waals surface area contributed by atoms with Gasteiger partial charge in [0.1, 0.15) is 0 Å². The smallest absolute Gasteiger partial charge is 0.227 e. The zero-order valence-corrected chi connectivity index (χ0v) is 28.6. The number of rotatable bonds is 14. The molecular formula is C39H55N9. The summed E-state index contributed by atoms with van der Waals surface area (Å²) < 4.78 is 2.32. The van der Waals surface area contributed by atoms with Gasteiger partial charge in [-0.3, -0.25) is 0 Å². The third-order valence-electron chi connectivity index (χ3n) is 11.0. The number of likely N-dealkylation sites (tertiary alicyclic amines) is 1. The molecule has 0 unspecified atom stereocenters. The molecule has 3 heterocycles. The largest absolute Gasteiger partial charge is 0.365 e. The lowest BCUT2D eigenvalue weighted by Gasteiger charge is -2.34. The third kappa shape index (κ3) is 8.73. The highest BCUT2D eigenvalue weighted by atomic mass is 15.2. The number of hydrogen-bond donors (Lipinski definition) is 3. The summed E-state index contributed by atoms with van der Waals surface area (Å²) in [6.07, 6.45) is 15.6. The lowest BCUT2D eigenvalue weighted by atomic mass is 9.92. The molecule has 0 spiro atoms. The molecule has 4 N–H and O–H groups in total. The van der Waals surface area contributed by atoms with Gasteiger partial charge in [-0.25, -0.2) is 4.98 Å². The van der Waals surface area contributed by atoms with Gasteiger partial charge in [-0.05, 0) is 75.3 Å². The molecule has 2 aliphatic carbocycles. The van der Waals surface area contributed by atoms with E-state index in [1.807, 2.05) is 6.33 Å². The maximum absolute atomic E-state index is 6.20. The molecule has 0 radical (unpaired) electrons. The molecule has 9 heteroatoms. The zero-order chi connectivity index (χ0) is 32.5. The van der Waals surface area contributed by atoms with Gasteiger partial charge < -0.3 is 30.7 Å². The van der Waals surface area contributed by atoms with Crippen molar-refractivity contribution in [3.63, 3.8) is 0 Å². The van der Waals surface area contributed by atoms with Crippen LogP contribution < -0.4 is 16.4 Å². The first-order valence-electron chi connectivity index (χ1n) is 18.7. The van der Waals surface area contributed by atoms with Crippen molar-refractivity contribution in [3.8, 4) is 0 Å². The Bertz CT molecular complexity index is 1490. The highest BCUT2D eigenvalue weighted by molar-refractivity contribution is 5.84. The number of nitrogens with one attached hydrogen (secondary N) is 2. The topological polar surface area (TPSA) is 100 Å². The van der Waals surface area contributed by atoms with Gasteiger partial charge in [-0.15, -0.1) is 0 Å². The Hall–Kier alpha value is -3.53. The Balaban J connectivity index is 0.966. The number of benzene rings is 2. The van der Waals surface area contributed by atoms with Crippen molar-refractivity contribution in [2.45, 2.75) is 101 Å². The van der Waals surface area contributed by atoms with E-state index in [0.717, 1.165) is 114 Å². The summed E-state index contributed by atoms with van der Waals surface area (Å²) in [5.41, 5.74) is 10.9. The van der Waals surface area contributed by atoms with Gasteiger partial charge in [0.05, 0.1) is 6.33 Å². The molecule has 7 rings (SSSR count). The van der Waals surface area contributed by atoms with E-state index in [1.165, 1.54) is 36.8 Å². The van der Waals surface area contributed by atoms with Gasteiger partial charge in [-0.1, -0.05) is 73.5 Å². The van der Waals surface area contributed by atoms with Crippen LogP contribution in [-0.2, 0) is 12.8 Å². The number of nitrogens with zero attached hydrogens (tertiary/aromatic N) is 6. The summed E-state index contributed by atoms with van der Waals surface area (Å²) in [5, 5.41) is 7.53. The zero-order valence-electron chi connectivity index (χ0n) is 28.6. The van der Waals surface area contributed by atoms with Crippen molar-refractivity contribution < 1.29 is 0 Å². The third-order valence-corrected chi connectivity index (χ3v) is 11.0. The average Bonchev–Trinajstić information content (AvgIpc) is 3.81. The lowest BCUT2D eigenvalue weighted by Crippen LogP contribution is -2.43. The van der Waals surface area contributed by atoms with E-state index < -0.39 is 0 Å². The molecule has 0 atom stereocenters. The number of hydrogen-bond acceptors (Lipinski definition) is 8. The van der Waals surface area contributed by atoms with E-state index in [-0.39, 0.29) is 0 Å². The fourth-order valence-corrected chi connectivity index (χ4v) is 7.95. The minimum Gasteiger partial charge on any atom is -0.365 e. The van der Waals surface area contributed by atoms with Crippen LogP contribution in [0.15, 0.2) is 67.0 Å². The van der Waals surface area contributed by atoms with E-state index in [9.17, 15) is 0 Å². The second-order valence-corrected chi connectivity index (χ2v) is 14.5. The molecule has 2 saturated carbocycles. The highest BCUT2D eigenvalue weighted by Gasteiger charge is 2.26. The van der Waals surface area contributed by atoms with Gasteiger partial charge in [0.15, 0.2) is 17.0 Å². The van der Waals surface area contributed by atoms with Crippen molar-refractivity contribution in [1.29, 1.82) is 0 Å². The summed E-state index contributed by atoms with van der Waals surface area (Å²) in [7, 11) is 0. The molecule has 1 aliphatic heterocycles. The highest BCUT2D eigenvalue weighted by Crippen LogP contribution is 2.34. The predicted octanol–water partition coefficient (Wildman–Crippen LogP) is 6.29. The van der Waals surface area contributed by atoms with Crippen molar-refractivity contribution in [3.05, 3.63) is 78.1 Å². The Labute approximate surface area is 286 Å². The molecule has 256 valence electrons. The molecular weight excluding hydrogens is 594 g/mol. The monoisotopic (exact) mass is 649 g/mol. The number of imidazole rings is 1. The number of nitrogens with two attached hydrogens (primary N) is 1. The number of anilines is 2. The van der Waals surface area contributed by atoms with Crippen LogP contribution in [0.1, 0.15) is 81.4 Å². The molecule has 4 aromatic rings. The van der Waals surface area contributed by atoms with E-state index in [0.29, 0.717) is 24.2 Å². The van der Waals surface area contributed by atoms with Crippen LogP contribution in [0.25, 0.3) is 11.2 Å². The number of aromatic nitrogens is 4. The van der Waals surface area contributed by atoms with Crippen LogP contribution in [0.3, 0.4) is 0 Å². The molecule has 2 aromatic heterocycles. The Morgan fingerprint density at radius 1 is 0.708 bits per heavy atom. The molecule has 1 saturated heterocycles. The van der Waals surface area contributed by atoms with Crippen LogP contribution in [0.4, 0.5) is 11.8 Å². The first-order chi connectivity index (χ1) is 23.7. The molecule has 9 nitrogen and oxygen atoms in total. The van der Waals surface area contributed by atoms with Gasteiger partial charge in [0.2, 0.25) is 5.95 Å². The minimum absolute atomic E-state index is 0.324. The Morgan fingerprint density at radius 2 is 1.33 bits per heavy atom. The molecule has 3 fully saturated rings. The molecule has 3 aliphatic rings. The van der Waals surface area contributed by atoms with Gasteiger partial charge in [0.25, 0.3) is 0 Å². The van der Waals surface area contributed by atoms with Gasteiger partial charge in [0, 0.05) is 63.4 Å². The summed E-state index contributed by atoms with van der Waals surface area (Å²) >= 11 is 0. The fraction of sp³-hybridized carbons (Fsp3) is 0.564. The number of piperidine rings is 1. The van der Waals surface area contributed by atoms with E-state index >= 15 is 0 Å². The Kier molecular flexibility index (Phi) is 11.2. The van der Waals surface area contributed by atoms with Crippen LogP contribution in [0.2, 0.25) is 0 Å². The average molecular weight is 650 g/mol. The maximum atomic E-state index is 6.20. The summed E-state index contributed by atoms with van der Waals surface area (Å²) in [5.74, 6) is 1.62. The fourth-order valence-electron chi connectivity index (χ4n) is 7.95. The summed E-state index contributed by atoms with van der Waals surface area (Å²) in [4.78, 5) is 20.3. The normalized spacial score (nSPS) is 21.3. The second kappa shape index (κ2) is 16.2. The van der Waals surface area contributed by atoms with Crippen molar-refractivity contribution in [2.75, 3.05) is 49.9 Å². The first kappa shape index (κ1) is 33.0. The van der Waals surface area contributed by atoms with Crippen LogP contribution >= 0.6 is 0 Å². The standard InChI is InChI=1S/C39H55N9/c40-32-15-17-33(18-16-32)43-39-44-37(36-38(45-39)48(29-41-36)35-13-7-8-14-35)42-34-21-25-47(26-22-34)28-27-46(23-19-30-9-3-1-4-10-30)24-20-31-11-5-2-6-12-31/h1-6,9-12,29,32-35H,7-8,13-28,40H2,(H2,42,43,44,45). The van der Waals surface area contributed by atoms with Crippen molar-refractivity contribution >= 4 is 22.9 Å².